The van der Waals surface area contributed by atoms with E-state index >= 15 is 0 Å². The van der Waals surface area contributed by atoms with Crippen LogP contribution in [0.3, 0.4) is 0 Å². The first-order chi connectivity index (χ1) is 13.8. The van der Waals surface area contributed by atoms with Gasteiger partial charge in [0.15, 0.2) is 0 Å². The van der Waals surface area contributed by atoms with Crippen LogP contribution < -0.4 is 9.44 Å². The third-order valence-corrected chi connectivity index (χ3v) is 6.64. The molecule has 3 aromatic rings. The van der Waals surface area contributed by atoms with Crippen LogP contribution in [0.4, 0.5) is 5.69 Å². The molecule has 0 spiro atoms. The van der Waals surface area contributed by atoms with E-state index in [1.165, 1.54) is 33.7 Å². The number of hydrogen-bond acceptors (Lipinski definition) is 6. The zero-order valence-electron chi connectivity index (χ0n) is 17.6. The smallest absolute Gasteiger partial charge is 0.0537 e. The van der Waals surface area contributed by atoms with Crippen LogP contribution in [0.1, 0.15) is 39.0 Å². The largest absolute Gasteiger partial charge is 0.395 e. The number of thiophene rings is 1. The molecule has 0 aliphatic rings. The summed E-state index contributed by atoms with van der Waals surface area (Å²) in [6.07, 6.45) is 1.83. The van der Waals surface area contributed by atoms with Crippen molar-refractivity contribution in [1.82, 2.24) is 9.71 Å². The maximum absolute atomic E-state index is 9.65. The fraction of sp³-hybridized carbons (Fsp3) is 0.348. The Morgan fingerprint density at radius 1 is 1.14 bits per heavy atom. The van der Waals surface area contributed by atoms with Gasteiger partial charge in [0, 0.05) is 46.0 Å². The molecule has 0 unspecified atom stereocenters. The molecule has 0 amide bonds. The molecule has 2 heterocycles. The predicted octanol–water partition coefficient (Wildman–Crippen LogP) is 6.03. The minimum Gasteiger partial charge on any atom is -0.395 e. The summed E-state index contributed by atoms with van der Waals surface area (Å²) in [5.41, 5.74) is 6.49. The first-order valence-corrected chi connectivity index (χ1v) is 11.4. The second kappa shape index (κ2) is 9.30. The van der Waals surface area contributed by atoms with Crippen LogP contribution in [-0.4, -0.2) is 22.7 Å². The van der Waals surface area contributed by atoms with Crippen LogP contribution in [-0.2, 0) is 5.41 Å². The van der Waals surface area contributed by atoms with Crippen molar-refractivity contribution < 1.29 is 5.11 Å². The van der Waals surface area contributed by atoms with Crippen molar-refractivity contribution in [3.63, 3.8) is 0 Å². The number of anilines is 1. The molecule has 0 aliphatic carbocycles. The molecule has 0 saturated carbocycles. The summed E-state index contributed by atoms with van der Waals surface area (Å²) in [6.45, 7) is 10.5. The van der Waals surface area contributed by atoms with Crippen LogP contribution in [0.25, 0.3) is 21.6 Å². The van der Waals surface area contributed by atoms with Crippen molar-refractivity contribution in [2.75, 3.05) is 11.3 Å². The first-order valence-electron chi connectivity index (χ1n) is 9.75. The number of rotatable bonds is 8. The monoisotopic (exact) mass is 427 g/mol. The average Bonchev–Trinajstić information content (AvgIpc) is 3.18. The number of benzene rings is 1. The molecule has 29 heavy (non-hydrogen) atoms. The molecule has 3 rings (SSSR count). The van der Waals surface area contributed by atoms with E-state index in [0.717, 1.165) is 16.9 Å². The van der Waals surface area contributed by atoms with Crippen LogP contribution in [0.15, 0.2) is 48.0 Å². The van der Waals surface area contributed by atoms with Crippen LogP contribution in [0.2, 0.25) is 0 Å². The zero-order chi connectivity index (χ0) is 21.0. The van der Waals surface area contributed by atoms with Crippen molar-refractivity contribution in [1.29, 1.82) is 0 Å². The van der Waals surface area contributed by atoms with E-state index in [1.807, 2.05) is 26.1 Å². The Balaban J connectivity index is 1.81. The van der Waals surface area contributed by atoms with Gasteiger partial charge >= 0.3 is 0 Å². The fourth-order valence-electron chi connectivity index (χ4n) is 2.92. The molecule has 6 heteroatoms. The van der Waals surface area contributed by atoms with Gasteiger partial charge < -0.3 is 9.83 Å². The lowest BCUT2D eigenvalue weighted by Gasteiger charge is -2.21. The van der Waals surface area contributed by atoms with Gasteiger partial charge in [-0.15, -0.1) is 11.3 Å². The number of nitrogens with zero attached hydrogens (tertiary/aromatic N) is 1. The maximum atomic E-state index is 9.65. The molecule has 154 valence electrons. The van der Waals surface area contributed by atoms with Gasteiger partial charge in [-0.3, -0.25) is 4.98 Å². The zero-order valence-corrected chi connectivity index (χ0v) is 19.2. The van der Waals surface area contributed by atoms with E-state index in [0.29, 0.717) is 6.04 Å². The third-order valence-electron chi connectivity index (χ3n) is 4.73. The Hall–Kier alpha value is -1.86. The highest BCUT2D eigenvalue weighted by molar-refractivity contribution is 7.98. The lowest BCUT2D eigenvalue weighted by molar-refractivity contribution is 0.215. The molecular weight excluding hydrogens is 398 g/mol. The lowest BCUT2D eigenvalue weighted by Crippen LogP contribution is -2.23. The van der Waals surface area contributed by atoms with Gasteiger partial charge in [-0.2, -0.15) is 0 Å². The van der Waals surface area contributed by atoms with Crippen molar-refractivity contribution in [2.24, 2.45) is 0 Å². The molecule has 0 aliphatic heterocycles. The van der Waals surface area contributed by atoms with Gasteiger partial charge in [0.05, 0.1) is 6.61 Å². The van der Waals surface area contributed by atoms with Gasteiger partial charge in [-0.05, 0) is 78.7 Å². The van der Waals surface area contributed by atoms with Gasteiger partial charge in [-0.1, -0.05) is 19.9 Å². The molecule has 2 aromatic heterocycles. The van der Waals surface area contributed by atoms with E-state index in [-0.39, 0.29) is 12.0 Å². The van der Waals surface area contributed by atoms with E-state index in [1.54, 1.807) is 11.3 Å². The molecule has 1 aromatic carbocycles. The minimum atomic E-state index is -0.349. The van der Waals surface area contributed by atoms with Crippen LogP contribution in [0, 0.1) is 6.92 Å². The number of aromatic nitrogens is 1. The summed E-state index contributed by atoms with van der Waals surface area (Å²) in [4.78, 5) is 5.67. The lowest BCUT2D eigenvalue weighted by atomic mass is 9.89. The Morgan fingerprint density at radius 2 is 1.93 bits per heavy atom. The molecule has 0 saturated heterocycles. The van der Waals surface area contributed by atoms with Gasteiger partial charge in [-0.25, -0.2) is 4.72 Å². The summed E-state index contributed by atoms with van der Waals surface area (Å²) >= 11 is 3.24. The van der Waals surface area contributed by atoms with Crippen LogP contribution in [0.5, 0.6) is 0 Å². The van der Waals surface area contributed by atoms with Crippen molar-refractivity contribution in [3.8, 4) is 21.6 Å². The number of hydrogen-bond donors (Lipinski definition) is 3. The summed E-state index contributed by atoms with van der Waals surface area (Å²) in [5, 5.41) is 11.9. The topological polar surface area (TPSA) is 57.2 Å². The van der Waals surface area contributed by atoms with Crippen LogP contribution >= 0.6 is 23.5 Å². The quantitative estimate of drug-likeness (QED) is 0.383. The third kappa shape index (κ3) is 5.39. The van der Waals surface area contributed by atoms with Gasteiger partial charge in [0.2, 0.25) is 0 Å². The predicted molar refractivity (Wildman–Crippen MR) is 127 cm³/mol. The number of pyridine rings is 1. The summed E-state index contributed by atoms with van der Waals surface area (Å²) < 4.78 is 6.62. The fourth-order valence-corrected chi connectivity index (χ4v) is 4.37. The SMILES string of the molecule is Cc1cc(NSNC(C)C)ccc1-c1csc(-c2ccnc(C(C)(C)CO)c2)c1. The summed E-state index contributed by atoms with van der Waals surface area (Å²) in [6, 6.07) is 13.2. The second-order valence-corrected chi connectivity index (χ2v) is 9.73. The highest BCUT2D eigenvalue weighted by atomic mass is 32.2. The number of aryl methyl sites for hydroxylation is 1. The highest BCUT2D eigenvalue weighted by Gasteiger charge is 2.21. The van der Waals surface area contributed by atoms with Gasteiger partial charge in [0.1, 0.15) is 0 Å². The standard InChI is InChI=1S/C23H29N3OS2/c1-15(2)25-29-26-19-6-7-20(16(3)10-19)18-11-21(28-13-18)17-8-9-24-22(12-17)23(4,5)14-27/h6-13,15,25-27H,14H2,1-5H3. The number of nitrogens with one attached hydrogen (secondary N) is 2. The molecule has 0 fully saturated rings. The number of aliphatic hydroxyl groups excluding tert-OH is 1. The second-order valence-electron chi connectivity index (χ2n) is 8.18. The molecule has 4 nitrogen and oxygen atoms in total. The normalized spacial score (nSPS) is 11.8. The molecule has 0 bridgehead atoms. The molecule has 0 atom stereocenters. The Bertz CT molecular complexity index is 966. The Kier molecular flexibility index (Phi) is 7.01. The maximum Gasteiger partial charge on any atom is 0.0537 e. The summed E-state index contributed by atoms with van der Waals surface area (Å²) in [7, 11) is 0. The van der Waals surface area contributed by atoms with E-state index in [9.17, 15) is 5.11 Å². The molecule has 3 N–H and O–H groups in total. The van der Waals surface area contributed by atoms with Crippen molar-refractivity contribution in [3.05, 3.63) is 59.2 Å². The van der Waals surface area contributed by atoms with Gasteiger partial charge in [0.25, 0.3) is 0 Å². The van der Waals surface area contributed by atoms with Crippen molar-refractivity contribution >= 4 is 29.2 Å². The van der Waals surface area contributed by atoms with E-state index in [4.69, 9.17) is 0 Å². The first kappa shape index (κ1) is 21.8. The minimum absolute atomic E-state index is 0.0731. The van der Waals surface area contributed by atoms with Crippen molar-refractivity contribution in [2.45, 2.75) is 46.1 Å². The van der Waals surface area contributed by atoms with E-state index in [2.05, 4.69) is 70.9 Å². The molecular formula is C23H29N3OS2. The number of aliphatic hydroxyl groups is 1. The average molecular weight is 428 g/mol. The highest BCUT2D eigenvalue weighted by Crippen LogP contribution is 2.36. The Morgan fingerprint density at radius 3 is 2.62 bits per heavy atom. The Labute approximate surface area is 182 Å². The summed E-state index contributed by atoms with van der Waals surface area (Å²) in [5.74, 6) is 0. The van der Waals surface area contributed by atoms with E-state index < -0.39 is 0 Å². The molecule has 0 radical (unpaired) electrons.